The van der Waals surface area contributed by atoms with Crippen LogP contribution in [0.25, 0.3) is 10.1 Å². The third-order valence-corrected chi connectivity index (χ3v) is 4.65. The van der Waals surface area contributed by atoms with Crippen molar-refractivity contribution in [1.29, 1.82) is 0 Å². The zero-order chi connectivity index (χ0) is 14.8. The number of hydrogen-bond acceptors (Lipinski definition) is 3. The van der Waals surface area contributed by atoms with Crippen LogP contribution < -0.4 is 4.74 Å². The van der Waals surface area contributed by atoms with E-state index in [1.54, 1.807) is 13.2 Å². The first kappa shape index (κ1) is 14.0. The minimum absolute atomic E-state index is 0.258. The highest BCUT2D eigenvalue weighted by Gasteiger charge is 2.14. The minimum Gasteiger partial charge on any atom is -0.496 e. The lowest BCUT2D eigenvalue weighted by atomic mass is 10.1. The molecule has 2 aromatic carbocycles. The maximum absolute atomic E-state index is 13.2. The Bertz CT molecular complexity index is 766. The van der Waals surface area contributed by atoms with Gasteiger partial charge in [0.1, 0.15) is 11.6 Å². The maximum Gasteiger partial charge on any atom is 0.123 e. The summed E-state index contributed by atoms with van der Waals surface area (Å²) in [7, 11) is 1.62. The molecule has 0 bridgehead atoms. The molecule has 21 heavy (non-hydrogen) atoms. The quantitative estimate of drug-likeness (QED) is 0.777. The molecule has 0 fully saturated rings. The van der Waals surface area contributed by atoms with Crippen molar-refractivity contribution in [3.8, 4) is 5.75 Å². The number of halogens is 1. The van der Waals surface area contributed by atoms with Gasteiger partial charge in [0, 0.05) is 16.0 Å². The summed E-state index contributed by atoms with van der Waals surface area (Å²) < 4.78 is 19.5. The molecule has 1 N–H and O–H groups in total. The molecule has 0 aliphatic rings. The highest BCUT2D eigenvalue weighted by Crippen LogP contribution is 2.33. The molecule has 3 aromatic rings. The molecule has 0 saturated heterocycles. The Balaban J connectivity index is 1.88. The number of rotatable bonds is 4. The van der Waals surface area contributed by atoms with E-state index in [-0.39, 0.29) is 5.82 Å². The van der Waals surface area contributed by atoms with Gasteiger partial charge in [-0.15, -0.1) is 11.3 Å². The van der Waals surface area contributed by atoms with Crippen LogP contribution in [0, 0.1) is 5.82 Å². The minimum atomic E-state index is -0.623. The third-order valence-electron chi connectivity index (χ3n) is 3.43. The SMILES string of the molecule is COc1ccccc1CC(O)c1cc2cc(F)ccc2s1. The van der Waals surface area contributed by atoms with Gasteiger partial charge in [-0.25, -0.2) is 4.39 Å². The molecule has 1 aromatic heterocycles. The topological polar surface area (TPSA) is 29.5 Å². The molecule has 0 spiro atoms. The Labute approximate surface area is 126 Å². The monoisotopic (exact) mass is 302 g/mol. The molecule has 0 radical (unpaired) electrons. The van der Waals surface area contributed by atoms with E-state index in [1.807, 2.05) is 30.3 Å². The van der Waals surface area contributed by atoms with Crippen LogP contribution in [0.4, 0.5) is 4.39 Å². The lowest BCUT2D eigenvalue weighted by Gasteiger charge is -2.11. The van der Waals surface area contributed by atoms with Crippen LogP contribution in [0.1, 0.15) is 16.5 Å². The van der Waals surface area contributed by atoms with E-state index in [4.69, 9.17) is 4.74 Å². The fraction of sp³-hybridized carbons (Fsp3) is 0.176. The van der Waals surface area contributed by atoms with E-state index in [0.717, 1.165) is 26.3 Å². The number of thiophene rings is 1. The van der Waals surface area contributed by atoms with Crippen molar-refractivity contribution in [3.05, 3.63) is 64.8 Å². The lowest BCUT2D eigenvalue weighted by Crippen LogP contribution is -2.01. The predicted octanol–water partition coefficient (Wildman–Crippen LogP) is 4.33. The van der Waals surface area contributed by atoms with Crippen molar-refractivity contribution in [2.24, 2.45) is 0 Å². The molecule has 0 aliphatic heterocycles. The fourth-order valence-electron chi connectivity index (χ4n) is 2.38. The molecule has 0 aliphatic carbocycles. The molecule has 1 heterocycles. The summed E-state index contributed by atoms with van der Waals surface area (Å²) in [5.41, 5.74) is 0.955. The predicted molar refractivity (Wildman–Crippen MR) is 83.4 cm³/mol. The van der Waals surface area contributed by atoms with Gasteiger partial charge in [-0.05, 0) is 41.3 Å². The summed E-state index contributed by atoms with van der Waals surface area (Å²) >= 11 is 1.49. The normalized spacial score (nSPS) is 12.5. The molecule has 4 heteroatoms. The van der Waals surface area contributed by atoms with Crippen LogP contribution in [0.15, 0.2) is 48.5 Å². The van der Waals surface area contributed by atoms with Crippen molar-refractivity contribution >= 4 is 21.4 Å². The second-order valence-corrected chi connectivity index (χ2v) is 5.98. The lowest BCUT2D eigenvalue weighted by molar-refractivity contribution is 0.181. The van der Waals surface area contributed by atoms with Gasteiger partial charge in [0.2, 0.25) is 0 Å². The van der Waals surface area contributed by atoms with Crippen molar-refractivity contribution in [3.63, 3.8) is 0 Å². The Morgan fingerprint density at radius 1 is 1.19 bits per heavy atom. The number of fused-ring (bicyclic) bond motifs is 1. The van der Waals surface area contributed by atoms with Crippen LogP contribution in [0.3, 0.4) is 0 Å². The van der Waals surface area contributed by atoms with Crippen LogP contribution >= 0.6 is 11.3 Å². The zero-order valence-electron chi connectivity index (χ0n) is 11.5. The van der Waals surface area contributed by atoms with Crippen LogP contribution in [0.2, 0.25) is 0 Å². The molecule has 1 atom stereocenters. The van der Waals surface area contributed by atoms with E-state index < -0.39 is 6.10 Å². The van der Waals surface area contributed by atoms with Crippen LogP contribution in [-0.2, 0) is 6.42 Å². The number of hydrogen-bond donors (Lipinski definition) is 1. The molecule has 108 valence electrons. The summed E-state index contributed by atoms with van der Waals surface area (Å²) in [4.78, 5) is 0.835. The summed E-state index contributed by atoms with van der Waals surface area (Å²) in [6.45, 7) is 0. The first-order chi connectivity index (χ1) is 10.2. The molecule has 0 amide bonds. The Hall–Kier alpha value is -1.91. The smallest absolute Gasteiger partial charge is 0.123 e. The first-order valence-electron chi connectivity index (χ1n) is 6.66. The largest absolute Gasteiger partial charge is 0.496 e. The van der Waals surface area contributed by atoms with E-state index >= 15 is 0 Å². The zero-order valence-corrected chi connectivity index (χ0v) is 12.4. The number of ether oxygens (including phenoxy) is 1. The Morgan fingerprint density at radius 2 is 2.00 bits per heavy atom. The summed E-state index contributed by atoms with van der Waals surface area (Å²) in [5, 5.41) is 11.3. The third kappa shape index (κ3) is 2.91. The summed E-state index contributed by atoms with van der Waals surface area (Å²) in [5.74, 6) is 0.509. The summed E-state index contributed by atoms with van der Waals surface area (Å²) in [6.07, 6.45) is -0.152. The van der Waals surface area contributed by atoms with Crippen molar-refractivity contribution in [2.45, 2.75) is 12.5 Å². The van der Waals surface area contributed by atoms with Crippen molar-refractivity contribution in [2.75, 3.05) is 7.11 Å². The average Bonchev–Trinajstić information content (AvgIpc) is 2.91. The van der Waals surface area contributed by atoms with Crippen LogP contribution in [0.5, 0.6) is 5.75 Å². The molecule has 3 rings (SSSR count). The number of benzene rings is 2. The number of aliphatic hydroxyl groups is 1. The standard InChI is InChI=1S/C17H15FO2S/c1-20-15-5-3-2-4-11(15)9-14(19)17-10-12-8-13(18)6-7-16(12)21-17/h2-8,10,14,19H,9H2,1H3. The molecular formula is C17H15FO2S. The molecule has 2 nitrogen and oxygen atoms in total. The van der Waals surface area contributed by atoms with Gasteiger partial charge in [0.15, 0.2) is 0 Å². The van der Waals surface area contributed by atoms with Gasteiger partial charge in [-0.3, -0.25) is 0 Å². The summed E-state index contributed by atoms with van der Waals surface area (Å²) in [6, 6.07) is 14.2. The molecular weight excluding hydrogens is 287 g/mol. The average molecular weight is 302 g/mol. The van der Waals surface area contributed by atoms with Gasteiger partial charge in [0.05, 0.1) is 13.2 Å². The van der Waals surface area contributed by atoms with Crippen LogP contribution in [-0.4, -0.2) is 12.2 Å². The second kappa shape index (κ2) is 5.84. The number of para-hydroxylation sites is 1. The second-order valence-electron chi connectivity index (χ2n) is 4.86. The van der Waals surface area contributed by atoms with Gasteiger partial charge in [-0.2, -0.15) is 0 Å². The maximum atomic E-state index is 13.2. The molecule has 1 unspecified atom stereocenters. The number of methoxy groups -OCH3 is 1. The van der Waals surface area contributed by atoms with E-state index in [9.17, 15) is 9.50 Å². The van der Waals surface area contributed by atoms with Crippen molar-refractivity contribution in [1.82, 2.24) is 0 Å². The van der Waals surface area contributed by atoms with Crippen molar-refractivity contribution < 1.29 is 14.2 Å². The highest BCUT2D eigenvalue weighted by molar-refractivity contribution is 7.19. The fourth-order valence-corrected chi connectivity index (χ4v) is 3.41. The van der Waals surface area contributed by atoms with Gasteiger partial charge >= 0.3 is 0 Å². The van der Waals surface area contributed by atoms with Gasteiger partial charge in [-0.1, -0.05) is 18.2 Å². The first-order valence-corrected chi connectivity index (χ1v) is 7.48. The van der Waals surface area contributed by atoms with E-state index in [0.29, 0.717) is 6.42 Å². The Kier molecular flexibility index (Phi) is 3.90. The highest BCUT2D eigenvalue weighted by atomic mass is 32.1. The van der Waals surface area contributed by atoms with Gasteiger partial charge < -0.3 is 9.84 Å². The van der Waals surface area contributed by atoms with Gasteiger partial charge in [0.25, 0.3) is 0 Å². The molecule has 0 saturated carbocycles. The van der Waals surface area contributed by atoms with E-state index in [1.165, 1.54) is 23.5 Å². The Morgan fingerprint density at radius 3 is 2.81 bits per heavy atom. The number of aliphatic hydroxyl groups excluding tert-OH is 1. The van der Waals surface area contributed by atoms with E-state index in [2.05, 4.69) is 0 Å².